The average Bonchev–Trinajstić information content (AvgIpc) is 4.24. The van der Waals surface area contributed by atoms with E-state index in [4.69, 9.17) is 14.6 Å². The highest BCUT2D eigenvalue weighted by Gasteiger charge is 2.16. The molecule has 1 aliphatic carbocycles. The highest BCUT2D eigenvalue weighted by Crippen LogP contribution is 2.29. The summed E-state index contributed by atoms with van der Waals surface area (Å²) in [6.45, 7) is 11.3. The number of H-pyrrole nitrogens is 1. The van der Waals surface area contributed by atoms with Crippen molar-refractivity contribution in [2.45, 2.75) is 84.7 Å². The van der Waals surface area contributed by atoms with Crippen LogP contribution in [0.25, 0.3) is 5.69 Å². The molecule has 0 spiro atoms. The Labute approximate surface area is 432 Å². The first-order valence-electron chi connectivity index (χ1n) is 24.4. The fourth-order valence-corrected chi connectivity index (χ4v) is 8.84. The van der Waals surface area contributed by atoms with Gasteiger partial charge in [-0.2, -0.15) is 20.2 Å². The predicted molar refractivity (Wildman–Crippen MR) is 293 cm³/mol. The molecule has 71 heavy (non-hydrogen) atoms. The number of anilines is 6. The Bertz CT molecular complexity index is 2600. The molecule has 3 aliphatic heterocycles. The number of aromatic amines is 1. The van der Waals surface area contributed by atoms with Crippen molar-refractivity contribution in [3.8, 4) is 17.2 Å². The Morgan fingerprint density at radius 1 is 0.690 bits per heavy atom. The van der Waals surface area contributed by atoms with Crippen LogP contribution in [0.1, 0.15) is 80.6 Å². The number of hydrogen-bond acceptors (Lipinski definition) is 16. The summed E-state index contributed by atoms with van der Waals surface area (Å²) in [4.78, 5) is 36.1. The zero-order chi connectivity index (χ0) is 50.2. The van der Waals surface area contributed by atoms with Crippen molar-refractivity contribution in [3.63, 3.8) is 0 Å². The summed E-state index contributed by atoms with van der Waals surface area (Å²) in [6, 6.07) is 19.6. The summed E-state index contributed by atoms with van der Waals surface area (Å²) >= 11 is 2.23. The van der Waals surface area contributed by atoms with Crippen molar-refractivity contribution >= 4 is 69.5 Å². The van der Waals surface area contributed by atoms with Crippen LogP contribution < -0.4 is 30.7 Å². The van der Waals surface area contributed by atoms with Gasteiger partial charge in [-0.3, -0.25) is 24.7 Å². The number of halogens is 1. The minimum absolute atomic E-state index is 0.542. The number of ether oxygens (including phenoxy) is 2. The van der Waals surface area contributed by atoms with Gasteiger partial charge in [-0.15, -0.1) is 0 Å². The molecule has 0 unspecified atom stereocenters. The van der Waals surface area contributed by atoms with Crippen LogP contribution in [0.15, 0.2) is 90.2 Å². The second kappa shape index (κ2) is 29.0. The van der Waals surface area contributed by atoms with E-state index in [1.165, 1.54) is 76.6 Å². The standard InChI is InChI=1S/C21H27N7O.C13H15IN4O.C8H13N3.C5H5NO.C5H10/c1-15-12-20(22-2)25-21(23-15)24-16-6-7-19(29-3)18(13-16)28-11-8-17(26-28)14-27-9-4-5-10-27;1-8-6-12(15-2)18-13(16-8)17-9-4-5-11(19-3)10(14)7-9;1-2-6-11(5-1)7-8-3-4-9-10-8;7-4-5-2-1-3-6-5;1-2-4-5-3-1/h6-8,11-13H,4-5,9-10,14H2,1-3H3,(H2,22,23,24,25);4-7H,1-3H3,(H2,15,16,17,18);3-4H,1-2,5-7H2,(H,9,10);1-2,4H,3H2;1-5H2. The summed E-state index contributed by atoms with van der Waals surface area (Å²) in [5.41, 5.74) is 7.30. The van der Waals surface area contributed by atoms with Gasteiger partial charge in [0.1, 0.15) is 28.8 Å². The largest absolute Gasteiger partial charge is 0.496 e. The van der Waals surface area contributed by atoms with Crippen molar-refractivity contribution < 1.29 is 14.3 Å². The molecule has 4 aromatic heterocycles. The third-order valence-corrected chi connectivity index (χ3v) is 12.6. The highest BCUT2D eigenvalue weighted by atomic mass is 127. The van der Waals surface area contributed by atoms with E-state index in [1.807, 2.05) is 106 Å². The third kappa shape index (κ3) is 18.0. The molecule has 0 atom stereocenters. The maximum absolute atomic E-state index is 9.83. The van der Waals surface area contributed by atoms with E-state index in [0.717, 1.165) is 93.3 Å². The Morgan fingerprint density at radius 2 is 1.25 bits per heavy atom. The topological polar surface area (TPSA) is 201 Å². The minimum atomic E-state index is 0.542. The Hall–Kier alpha value is -6.45. The second-order valence-corrected chi connectivity index (χ2v) is 18.4. The number of aryl methyl sites for hydroxylation is 2. The van der Waals surface area contributed by atoms with Crippen LogP contribution in [0, 0.1) is 17.4 Å². The molecule has 0 radical (unpaired) electrons. The van der Waals surface area contributed by atoms with Crippen molar-refractivity contribution in [1.29, 1.82) is 0 Å². The van der Waals surface area contributed by atoms with E-state index >= 15 is 0 Å². The number of nitrogens with zero attached hydrogens (tertiary/aromatic N) is 10. The van der Waals surface area contributed by atoms with Crippen LogP contribution in [0.3, 0.4) is 0 Å². The smallest absolute Gasteiger partial charge is 0.229 e. The molecule has 2 aromatic carbocycles. The lowest BCUT2D eigenvalue weighted by atomic mass is 10.2. The molecule has 5 N–H and O–H groups in total. The van der Waals surface area contributed by atoms with E-state index in [2.05, 4.69) is 94.8 Å². The predicted octanol–water partition coefficient (Wildman–Crippen LogP) is 9.70. The van der Waals surface area contributed by atoms with Crippen LogP contribution in [0.4, 0.5) is 34.9 Å². The number of rotatable bonds is 14. The van der Waals surface area contributed by atoms with Gasteiger partial charge in [0.25, 0.3) is 0 Å². The highest BCUT2D eigenvalue weighted by molar-refractivity contribution is 14.1. The normalized spacial score (nSPS) is 14.8. The fraction of sp³-hybridized carbons (Fsp3) is 0.423. The molecule has 3 fully saturated rings. The molecule has 1 saturated carbocycles. The molecule has 0 bridgehead atoms. The summed E-state index contributed by atoms with van der Waals surface area (Å²) in [7, 11) is 7.01. The summed E-state index contributed by atoms with van der Waals surface area (Å²) in [5, 5.41) is 24.2. The summed E-state index contributed by atoms with van der Waals surface area (Å²) in [6.07, 6.45) is 20.9. The Balaban J connectivity index is 0.000000166. The first-order chi connectivity index (χ1) is 34.6. The van der Waals surface area contributed by atoms with Gasteiger partial charge in [0.05, 0.1) is 35.7 Å². The first kappa shape index (κ1) is 53.9. The van der Waals surface area contributed by atoms with Gasteiger partial charge in [0, 0.05) is 80.2 Å². The van der Waals surface area contributed by atoms with Crippen LogP contribution in [-0.2, 0) is 17.9 Å². The number of aldehydes is 1. The molecule has 4 aliphatic rings. The van der Waals surface area contributed by atoms with Gasteiger partial charge in [-0.05, 0) is 143 Å². The molecule has 18 nitrogen and oxygen atoms in total. The van der Waals surface area contributed by atoms with Gasteiger partial charge in [0.2, 0.25) is 11.9 Å². The van der Waals surface area contributed by atoms with Crippen molar-refractivity contribution in [3.05, 3.63) is 112 Å². The first-order valence-corrected chi connectivity index (χ1v) is 25.5. The maximum Gasteiger partial charge on any atom is 0.229 e. The van der Waals surface area contributed by atoms with Gasteiger partial charge in [-0.1, -0.05) is 38.2 Å². The molecule has 0 amide bonds. The van der Waals surface area contributed by atoms with Crippen LogP contribution >= 0.6 is 22.6 Å². The average molecular weight is 1080 g/mol. The number of benzene rings is 2. The van der Waals surface area contributed by atoms with Gasteiger partial charge < -0.3 is 30.7 Å². The van der Waals surface area contributed by atoms with Gasteiger partial charge in [-0.25, -0.2) is 14.6 Å². The summed E-state index contributed by atoms with van der Waals surface area (Å²) in [5.74, 6) is 4.29. The molecule has 378 valence electrons. The number of carbonyl (C=O) groups is 1. The van der Waals surface area contributed by atoms with E-state index in [0.29, 0.717) is 24.2 Å². The van der Waals surface area contributed by atoms with E-state index in [1.54, 1.807) is 20.3 Å². The SMILES string of the molecule is C1CCCC1.CNc1cc(C)nc(Nc2ccc(OC)c(-n3ccc(CN4CCCC4)n3)c2)n1.CNc1cc(C)nc(Nc2ccc(OC)c(I)c2)n1.O=CC1=NCC=C1.c1cc(CN2CCCC2)[nH]n1. The van der Waals surface area contributed by atoms with Crippen molar-refractivity contribution in [2.75, 3.05) is 82.3 Å². The maximum atomic E-state index is 9.83. The lowest BCUT2D eigenvalue weighted by molar-refractivity contribution is -0.102. The zero-order valence-electron chi connectivity index (χ0n) is 42.0. The molecule has 6 aromatic rings. The number of nitrogens with one attached hydrogen (secondary N) is 5. The zero-order valence-corrected chi connectivity index (χ0v) is 44.2. The lowest BCUT2D eigenvalue weighted by Gasteiger charge is -2.13. The minimum Gasteiger partial charge on any atom is -0.496 e. The second-order valence-electron chi connectivity index (χ2n) is 17.3. The van der Waals surface area contributed by atoms with E-state index in [-0.39, 0.29) is 0 Å². The number of likely N-dealkylation sites (tertiary alicyclic amines) is 2. The lowest BCUT2D eigenvalue weighted by Crippen LogP contribution is -2.18. The van der Waals surface area contributed by atoms with Crippen molar-refractivity contribution in [1.82, 2.24) is 49.7 Å². The Morgan fingerprint density at radius 3 is 1.73 bits per heavy atom. The van der Waals surface area contributed by atoms with E-state index < -0.39 is 0 Å². The molecule has 7 heterocycles. The third-order valence-electron chi connectivity index (χ3n) is 11.7. The number of aliphatic imine (C=N–C) groups is 1. The van der Waals surface area contributed by atoms with Crippen LogP contribution in [-0.4, -0.2) is 123 Å². The van der Waals surface area contributed by atoms with Gasteiger partial charge in [0.15, 0.2) is 6.29 Å². The quantitative estimate of drug-likeness (QED) is 0.0510. The fourth-order valence-electron chi connectivity index (χ4n) is 8.10. The Kier molecular flexibility index (Phi) is 22.0. The number of aromatic nitrogens is 8. The molecule has 19 heteroatoms. The van der Waals surface area contributed by atoms with Crippen LogP contribution in [0.2, 0.25) is 0 Å². The van der Waals surface area contributed by atoms with Crippen molar-refractivity contribution in [2.24, 2.45) is 4.99 Å². The number of carbonyl (C=O) groups excluding carboxylic acids is 1. The molecular weight excluding hydrogens is 1010 g/mol. The van der Waals surface area contributed by atoms with Crippen LogP contribution in [0.5, 0.6) is 11.5 Å². The monoisotopic (exact) mass is 1080 g/mol. The summed E-state index contributed by atoms with van der Waals surface area (Å²) < 4.78 is 13.7. The van der Waals surface area contributed by atoms with Gasteiger partial charge >= 0.3 is 0 Å². The molecule has 10 rings (SSSR count). The molecule has 2 saturated heterocycles. The molecular formula is C52H70IN15O3. The number of methoxy groups -OCH3 is 2. The number of hydrogen-bond donors (Lipinski definition) is 5. The van der Waals surface area contributed by atoms with E-state index in [9.17, 15) is 4.79 Å². The number of allylic oxidation sites excluding steroid dienone is 1.